The zero-order valence-electron chi connectivity index (χ0n) is 14.1. The Balaban J connectivity index is 1.89. The van der Waals surface area contributed by atoms with Crippen LogP contribution in [-0.2, 0) is 9.59 Å². The van der Waals surface area contributed by atoms with E-state index in [-0.39, 0.29) is 6.42 Å². The normalized spacial score (nSPS) is 12.4. The van der Waals surface area contributed by atoms with Gasteiger partial charge in [0.2, 0.25) is 11.8 Å². The van der Waals surface area contributed by atoms with Gasteiger partial charge in [0, 0.05) is 16.2 Å². The second kappa shape index (κ2) is 8.11. The highest BCUT2D eigenvalue weighted by molar-refractivity contribution is 9.10. The summed E-state index contributed by atoms with van der Waals surface area (Å²) in [6, 6.07) is 11.7. The van der Waals surface area contributed by atoms with Crippen molar-refractivity contribution in [3.8, 4) is 0 Å². The molecule has 2 aromatic carbocycles. The van der Waals surface area contributed by atoms with Crippen LogP contribution in [0.3, 0.4) is 0 Å². The van der Waals surface area contributed by atoms with Crippen LogP contribution in [0.1, 0.15) is 6.42 Å². The molecular formula is C18H17BrN6O2. The molecule has 0 spiro atoms. The molecule has 0 aliphatic heterocycles. The van der Waals surface area contributed by atoms with Gasteiger partial charge in [-0.1, -0.05) is 22.0 Å². The second-order valence-corrected chi connectivity index (χ2v) is 6.76. The Labute approximate surface area is 163 Å². The summed E-state index contributed by atoms with van der Waals surface area (Å²) >= 11 is 3.37. The molecule has 1 heterocycles. The number of carbonyl (C=O) groups excluding carboxylic acids is 2. The Kier molecular flexibility index (Phi) is 5.63. The average molecular weight is 429 g/mol. The molecule has 0 bridgehead atoms. The average Bonchev–Trinajstić information content (AvgIpc) is 3.05. The molecule has 0 aliphatic rings. The fourth-order valence-corrected chi connectivity index (χ4v) is 2.77. The van der Waals surface area contributed by atoms with E-state index in [4.69, 9.17) is 11.5 Å². The first-order chi connectivity index (χ1) is 12.9. The smallest absolute Gasteiger partial charge is 0.241 e. The standard InChI is InChI=1S/C18H17BrN6O2/c19-10-4-6-11(7-5-10)24-25-15-9-22-13-2-1-3-14(17(13)15)23-18(27)12(20)8-16(21)26/h1-7,9,12,22H,8,20H2,(H2,21,26)(H,23,27)/b25-24+. The summed E-state index contributed by atoms with van der Waals surface area (Å²) < 4.78 is 0.950. The van der Waals surface area contributed by atoms with Crippen LogP contribution in [0.25, 0.3) is 10.9 Å². The first-order valence-corrected chi connectivity index (χ1v) is 8.85. The van der Waals surface area contributed by atoms with Gasteiger partial charge >= 0.3 is 0 Å². The summed E-state index contributed by atoms with van der Waals surface area (Å²) in [5.41, 5.74) is 13.3. The first-order valence-electron chi connectivity index (χ1n) is 8.06. The van der Waals surface area contributed by atoms with Gasteiger partial charge in [0.1, 0.15) is 5.69 Å². The number of benzene rings is 2. The monoisotopic (exact) mass is 428 g/mol. The molecule has 27 heavy (non-hydrogen) atoms. The van der Waals surface area contributed by atoms with Crippen LogP contribution in [0.4, 0.5) is 17.1 Å². The number of aromatic amines is 1. The van der Waals surface area contributed by atoms with E-state index in [1.54, 1.807) is 18.3 Å². The minimum Gasteiger partial charge on any atom is -0.370 e. The highest BCUT2D eigenvalue weighted by atomic mass is 79.9. The number of nitrogens with two attached hydrogens (primary N) is 2. The number of halogens is 1. The molecule has 3 rings (SSSR count). The predicted octanol–water partition coefficient (Wildman–Crippen LogP) is 3.49. The number of nitrogens with one attached hydrogen (secondary N) is 2. The van der Waals surface area contributed by atoms with Crippen molar-refractivity contribution in [2.24, 2.45) is 21.7 Å². The van der Waals surface area contributed by atoms with Crippen molar-refractivity contribution in [1.29, 1.82) is 0 Å². The first kappa shape index (κ1) is 18.7. The number of H-pyrrole nitrogens is 1. The van der Waals surface area contributed by atoms with Crippen LogP contribution in [0.2, 0.25) is 0 Å². The molecule has 0 aliphatic carbocycles. The fraction of sp³-hybridized carbons (Fsp3) is 0.111. The number of anilines is 1. The maximum Gasteiger partial charge on any atom is 0.241 e. The number of aromatic nitrogens is 1. The van der Waals surface area contributed by atoms with E-state index in [9.17, 15) is 9.59 Å². The largest absolute Gasteiger partial charge is 0.370 e. The summed E-state index contributed by atoms with van der Waals surface area (Å²) in [4.78, 5) is 26.3. The van der Waals surface area contributed by atoms with E-state index in [1.165, 1.54) is 0 Å². The Bertz CT molecular complexity index is 1010. The third-order valence-electron chi connectivity index (χ3n) is 3.80. The van der Waals surface area contributed by atoms with E-state index in [1.807, 2.05) is 30.3 Å². The van der Waals surface area contributed by atoms with Gasteiger partial charge in [-0.3, -0.25) is 9.59 Å². The number of amides is 2. The predicted molar refractivity (Wildman–Crippen MR) is 107 cm³/mol. The molecular weight excluding hydrogens is 412 g/mol. The zero-order valence-corrected chi connectivity index (χ0v) is 15.7. The number of azo groups is 1. The third kappa shape index (κ3) is 4.57. The van der Waals surface area contributed by atoms with Gasteiger partial charge in [-0.25, -0.2) is 0 Å². The number of fused-ring (bicyclic) bond motifs is 1. The molecule has 138 valence electrons. The van der Waals surface area contributed by atoms with Gasteiger partial charge in [-0.15, -0.1) is 5.11 Å². The number of nitrogens with zero attached hydrogens (tertiary/aromatic N) is 2. The van der Waals surface area contributed by atoms with Gasteiger partial charge in [0.15, 0.2) is 0 Å². The summed E-state index contributed by atoms with van der Waals surface area (Å²) in [7, 11) is 0. The number of hydrogen-bond donors (Lipinski definition) is 4. The minimum absolute atomic E-state index is 0.231. The number of primary amides is 1. The van der Waals surface area contributed by atoms with Gasteiger partial charge < -0.3 is 21.8 Å². The van der Waals surface area contributed by atoms with Gasteiger partial charge in [0.25, 0.3) is 0 Å². The minimum atomic E-state index is -1.02. The van der Waals surface area contributed by atoms with E-state index >= 15 is 0 Å². The van der Waals surface area contributed by atoms with Crippen LogP contribution in [0, 0.1) is 0 Å². The molecule has 0 saturated carbocycles. The van der Waals surface area contributed by atoms with Crippen LogP contribution in [-0.4, -0.2) is 22.8 Å². The molecule has 1 unspecified atom stereocenters. The van der Waals surface area contributed by atoms with Crippen molar-refractivity contribution in [1.82, 2.24) is 4.98 Å². The molecule has 2 amide bonds. The number of hydrogen-bond acceptors (Lipinski definition) is 5. The molecule has 0 fully saturated rings. The van der Waals surface area contributed by atoms with Crippen molar-refractivity contribution >= 4 is 55.7 Å². The second-order valence-electron chi connectivity index (χ2n) is 5.84. The van der Waals surface area contributed by atoms with Crippen LogP contribution < -0.4 is 16.8 Å². The molecule has 1 atom stereocenters. The highest BCUT2D eigenvalue weighted by Crippen LogP contribution is 2.33. The molecule has 0 saturated heterocycles. The maximum absolute atomic E-state index is 12.2. The fourth-order valence-electron chi connectivity index (χ4n) is 2.50. The Morgan fingerprint density at radius 3 is 2.59 bits per heavy atom. The summed E-state index contributed by atoms with van der Waals surface area (Å²) in [6.07, 6.45) is 1.47. The number of rotatable bonds is 6. The van der Waals surface area contributed by atoms with Crippen molar-refractivity contribution in [3.05, 3.63) is 53.1 Å². The SMILES string of the molecule is NC(=O)CC(N)C(=O)Nc1cccc2[nH]cc(/N=N/c3ccc(Br)cc3)c12. The zero-order chi connectivity index (χ0) is 19.4. The van der Waals surface area contributed by atoms with Gasteiger partial charge in [0.05, 0.1) is 29.2 Å². The number of carbonyl (C=O) groups is 2. The van der Waals surface area contributed by atoms with Crippen molar-refractivity contribution in [2.45, 2.75) is 12.5 Å². The Hall–Kier alpha value is -3.04. The lowest BCUT2D eigenvalue weighted by molar-refractivity contribution is -0.123. The third-order valence-corrected chi connectivity index (χ3v) is 4.33. The maximum atomic E-state index is 12.2. The van der Waals surface area contributed by atoms with Crippen LogP contribution in [0.15, 0.2) is 63.4 Å². The van der Waals surface area contributed by atoms with Gasteiger partial charge in [-0.2, -0.15) is 5.11 Å². The van der Waals surface area contributed by atoms with E-state index in [0.717, 1.165) is 9.99 Å². The van der Waals surface area contributed by atoms with E-state index in [2.05, 4.69) is 36.5 Å². The van der Waals surface area contributed by atoms with Gasteiger partial charge in [-0.05, 0) is 36.4 Å². The van der Waals surface area contributed by atoms with Crippen molar-refractivity contribution < 1.29 is 9.59 Å². The van der Waals surface area contributed by atoms with E-state index < -0.39 is 17.9 Å². The molecule has 9 heteroatoms. The van der Waals surface area contributed by atoms with E-state index in [0.29, 0.717) is 22.4 Å². The van der Waals surface area contributed by atoms with Crippen LogP contribution in [0.5, 0.6) is 0 Å². The lowest BCUT2D eigenvalue weighted by Crippen LogP contribution is -2.39. The lowest BCUT2D eigenvalue weighted by Gasteiger charge is -2.11. The quantitative estimate of drug-likeness (QED) is 0.446. The van der Waals surface area contributed by atoms with Crippen LogP contribution >= 0.6 is 15.9 Å². The summed E-state index contributed by atoms with van der Waals surface area (Å²) in [6.45, 7) is 0. The molecule has 1 aromatic heterocycles. The Morgan fingerprint density at radius 2 is 1.89 bits per heavy atom. The van der Waals surface area contributed by atoms with Crippen molar-refractivity contribution in [3.63, 3.8) is 0 Å². The molecule has 8 nitrogen and oxygen atoms in total. The summed E-state index contributed by atoms with van der Waals surface area (Å²) in [5, 5.41) is 11.9. The highest BCUT2D eigenvalue weighted by Gasteiger charge is 2.18. The topological polar surface area (TPSA) is 139 Å². The molecule has 3 aromatic rings. The summed E-state index contributed by atoms with van der Waals surface area (Å²) in [5.74, 6) is -1.14. The molecule has 0 radical (unpaired) electrons. The van der Waals surface area contributed by atoms with Crippen molar-refractivity contribution in [2.75, 3.05) is 5.32 Å². The molecule has 6 N–H and O–H groups in total. The Morgan fingerprint density at radius 1 is 1.15 bits per heavy atom. The lowest BCUT2D eigenvalue weighted by atomic mass is 10.1.